The van der Waals surface area contributed by atoms with Crippen molar-refractivity contribution in [3.05, 3.63) is 58.9 Å². The van der Waals surface area contributed by atoms with Crippen molar-refractivity contribution in [2.75, 3.05) is 33.3 Å². The van der Waals surface area contributed by atoms with Crippen LogP contribution >= 0.6 is 0 Å². The highest BCUT2D eigenvalue weighted by Crippen LogP contribution is 2.23. The summed E-state index contributed by atoms with van der Waals surface area (Å²) in [6.45, 7) is 4.71. The molecule has 1 saturated heterocycles. The number of sulfonamides is 1. The Balaban J connectivity index is 1.46. The van der Waals surface area contributed by atoms with E-state index in [-0.39, 0.29) is 63.1 Å². The average Bonchev–Trinajstić information content (AvgIpc) is 2.82. The smallest absolute Gasteiger partial charge is 0.243 e. The molecular formula is C24H30FN3O5S. The van der Waals surface area contributed by atoms with E-state index in [2.05, 4.69) is 5.32 Å². The molecule has 2 aromatic carbocycles. The molecule has 1 heterocycles. The minimum absolute atomic E-state index is 0.00152. The molecule has 1 N–H and O–H groups in total. The van der Waals surface area contributed by atoms with Crippen LogP contribution in [0.15, 0.2) is 41.3 Å². The number of nitrogens with zero attached hydrogens (tertiary/aromatic N) is 2. The van der Waals surface area contributed by atoms with E-state index in [1.807, 2.05) is 13.0 Å². The molecular weight excluding hydrogens is 461 g/mol. The van der Waals surface area contributed by atoms with Crippen molar-refractivity contribution in [3.63, 3.8) is 0 Å². The van der Waals surface area contributed by atoms with Crippen molar-refractivity contribution < 1.29 is 27.1 Å². The molecule has 1 aliphatic rings. The lowest BCUT2D eigenvalue weighted by molar-refractivity contribution is -0.134. The minimum Gasteiger partial charge on any atom is -0.494 e. The van der Waals surface area contributed by atoms with Crippen LogP contribution in [0.5, 0.6) is 5.75 Å². The Hall–Kier alpha value is -2.98. The fourth-order valence-electron chi connectivity index (χ4n) is 3.79. The number of halogens is 1. The second-order valence-electron chi connectivity index (χ2n) is 8.30. The first-order valence-electron chi connectivity index (χ1n) is 11.1. The van der Waals surface area contributed by atoms with Crippen LogP contribution in [0.4, 0.5) is 4.39 Å². The monoisotopic (exact) mass is 491 g/mol. The summed E-state index contributed by atoms with van der Waals surface area (Å²) in [6, 6.07) is 9.76. The number of methoxy groups -OCH3 is 1. The minimum atomic E-state index is -3.63. The zero-order valence-corrected chi connectivity index (χ0v) is 20.5. The third-order valence-electron chi connectivity index (χ3n) is 5.82. The zero-order chi connectivity index (χ0) is 24.9. The van der Waals surface area contributed by atoms with Gasteiger partial charge in [-0.3, -0.25) is 9.59 Å². The normalized spacial score (nSPS) is 14.6. The molecule has 2 aromatic rings. The number of hydrogen-bond donors (Lipinski definition) is 1. The Morgan fingerprint density at radius 1 is 1.03 bits per heavy atom. The van der Waals surface area contributed by atoms with Crippen LogP contribution in [0, 0.1) is 19.7 Å². The summed E-state index contributed by atoms with van der Waals surface area (Å²) >= 11 is 0. The van der Waals surface area contributed by atoms with Gasteiger partial charge >= 0.3 is 0 Å². The number of nitrogens with one attached hydrogen (secondary N) is 1. The van der Waals surface area contributed by atoms with E-state index < -0.39 is 15.8 Å². The second kappa shape index (κ2) is 11.0. The van der Waals surface area contributed by atoms with Crippen LogP contribution in [-0.2, 0) is 26.2 Å². The maximum atomic E-state index is 13.7. The van der Waals surface area contributed by atoms with E-state index in [9.17, 15) is 22.4 Å². The molecule has 0 aromatic heterocycles. The highest BCUT2D eigenvalue weighted by atomic mass is 32.2. The summed E-state index contributed by atoms with van der Waals surface area (Å²) in [7, 11) is -2.26. The van der Waals surface area contributed by atoms with Crippen LogP contribution in [0.25, 0.3) is 0 Å². The van der Waals surface area contributed by atoms with Gasteiger partial charge in [-0.2, -0.15) is 4.31 Å². The Labute approximate surface area is 199 Å². The van der Waals surface area contributed by atoms with Gasteiger partial charge in [-0.05, 0) is 48.7 Å². The number of benzene rings is 2. The van der Waals surface area contributed by atoms with Gasteiger partial charge < -0.3 is 15.0 Å². The summed E-state index contributed by atoms with van der Waals surface area (Å²) in [4.78, 5) is 26.5. The molecule has 0 aliphatic carbocycles. The molecule has 0 spiro atoms. The third kappa shape index (κ3) is 6.12. The van der Waals surface area contributed by atoms with Gasteiger partial charge in [0, 0.05) is 45.6 Å². The molecule has 1 aliphatic heterocycles. The molecule has 8 nitrogen and oxygen atoms in total. The van der Waals surface area contributed by atoms with Crippen LogP contribution in [0.1, 0.15) is 29.5 Å². The SMILES string of the molecule is COc1ccc(CNC(=O)CCC(=O)N2CCN(S(=O)(=O)c3cc(C)ccc3C)CC2)cc1F. The molecule has 0 unspecified atom stereocenters. The molecule has 0 radical (unpaired) electrons. The lowest BCUT2D eigenvalue weighted by atomic mass is 10.2. The van der Waals surface area contributed by atoms with Gasteiger partial charge in [-0.1, -0.05) is 18.2 Å². The summed E-state index contributed by atoms with van der Waals surface area (Å²) in [5, 5.41) is 2.67. The molecule has 10 heteroatoms. The highest BCUT2D eigenvalue weighted by Gasteiger charge is 2.31. The zero-order valence-electron chi connectivity index (χ0n) is 19.6. The summed E-state index contributed by atoms with van der Waals surface area (Å²) < 4.78 is 46.1. The van der Waals surface area contributed by atoms with Gasteiger partial charge in [-0.25, -0.2) is 12.8 Å². The maximum Gasteiger partial charge on any atom is 0.243 e. The first-order valence-corrected chi connectivity index (χ1v) is 12.5. The van der Waals surface area contributed by atoms with Crippen LogP contribution in [0.2, 0.25) is 0 Å². The number of amides is 2. The molecule has 1 fully saturated rings. The number of piperazine rings is 1. The van der Waals surface area contributed by atoms with E-state index in [0.717, 1.165) is 5.56 Å². The van der Waals surface area contributed by atoms with Crippen molar-refractivity contribution in [1.29, 1.82) is 0 Å². The van der Waals surface area contributed by atoms with Gasteiger partial charge in [0.05, 0.1) is 12.0 Å². The molecule has 0 atom stereocenters. The van der Waals surface area contributed by atoms with Crippen molar-refractivity contribution in [1.82, 2.24) is 14.5 Å². The number of rotatable bonds is 8. The highest BCUT2D eigenvalue weighted by molar-refractivity contribution is 7.89. The van der Waals surface area contributed by atoms with Gasteiger partial charge in [0.15, 0.2) is 11.6 Å². The lowest BCUT2D eigenvalue weighted by Crippen LogP contribution is -2.50. The largest absolute Gasteiger partial charge is 0.494 e. The molecule has 34 heavy (non-hydrogen) atoms. The quantitative estimate of drug-likeness (QED) is 0.612. The first-order chi connectivity index (χ1) is 16.1. The molecule has 2 amide bonds. The second-order valence-corrected chi connectivity index (χ2v) is 10.2. The number of carbonyl (C=O) groups excluding carboxylic acids is 2. The first kappa shape index (κ1) is 25.6. The predicted octanol–water partition coefficient (Wildman–Crippen LogP) is 2.38. The maximum absolute atomic E-state index is 13.7. The van der Waals surface area contributed by atoms with Gasteiger partial charge in [0.2, 0.25) is 21.8 Å². The third-order valence-corrected chi connectivity index (χ3v) is 7.87. The lowest BCUT2D eigenvalue weighted by Gasteiger charge is -2.34. The van der Waals surface area contributed by atoms with Crippen molar-refractivity contribution in [2.24, 2.45) is 0 Å². The van der Waals surface area contributed by atoms with Crippen molar-refractivity contribution >= 4 is 21.8 Å². The fraction of sp³-hybridized carbons (Fsp3) is 0.417. The van der Waals surface area contributed by atoms with E-state index in [1.54, 1.807) is 30.0 Å². The molecule has 3 rings (SSSR count). The van der Waals surface area contributed by atoms with Crippen LogP contribution < -0.4 is 10.1 Å². The van der Waals surface area contributed by atoms with E-state index >= 15 is 0 Å². The van der Waals surface area contributed by atoms with Crippen LogP contribution in [-0.4, -0.2) is 62.7 Å². The average molecular weight is 492 g/mol. The molecule has 184 valence electrons. The van der Waals surface area contributed by atoms with Gasteiger partial charge in [0.25, 0.3) is 0 Å². The fourth-order valence-corrected chi connectivity index (χ4v) is 5.52. The number of hydrogen-bond acceptors (Lipinski definition) is 5. The number of ether oxygens (including phenoxy) is 1. The topological polar surface area (TPSA) is 96.0 Å². The summed E-state index contributed by atoms with van der Waals surface area (Å²) in [5.41, 5.74) is 2.14. The van der Waals surface area contributed by atoms with Crippen LogP contribution in [0.3, 0.4) is 0 Å². The van der Waals surface area contributed by atoms with E-state index in [0.29, 0.717) is 16.0 Å². The van der Waals surface area contributed by atoms with Gasteiger partial charge in [-0.15, -0.1) is 0 Å². The van der Waals surface area contributed by atoms with Gasteiger partial charge in [0.1, 0.15) is 0 Å². The molecule has 0 saturated carbocycles. The van der Waals surface area contributed by atoms with E-state index in [4.69, 9.17) is 4.74 Å². The van der Waals surface area contributed by atoms with Crippen molar-refractivity contribution in [2.45, 2.75) is 38.1 Å². The Morgan fingerprint density at radius 2 is 1.74 bits per heavy atom. The Bertz CT molecular complexity index is 1160. The van der Waals surface area contributed by atoms with E-state index in [1.165, 1.54) is 23.5 Å². The Kier molecular flexibility index (Phi) is 8.27. The Morgan fingerprint density at radius 3 is 2.38 bits per heavy atom. The molecule has 0 bridgehead atoms. The standard InChI is InChI=1S/C24H30FN3O5S/c1-17-4-5-18(2)22(14-17)34(31,32)28-12-10-27(11-13-28)24(30)9-8-23(29)26-16-19-6-7-21(33-3)20(25)15-19/h4-7,14-15H,8-13,16H2,1-3H3,(H,26,29). The number of carbonyl (C=O) groups is 2. The summed E-state index contributed by atoms with van der Waals surface area (Å²) in [5.74, 6) is -0.902. The predicted molar refractivity (Wildman–Crippen MR) is 125 cm³/mol. The summed E-state index contributed by atoms with van der Waals surface area (Å²) in [6.07, 6.45) is 0.0189. The number of aryl methyl sites for hydroxylation is 2. The van der Waals surface area contributed by atoms with Crippen molar-refractivity contribution in [3.8, 4) is 5.75 Å².